The molecule has 0 aliphatic carbocycles. The molecule has 2 aromatic heterocycles. The molecule has 0 aromatic carbocycles. The Morgan fingerprint density at radius 1 is 1.48 bits per heavy atom. The molecule has 0 saturated carbocycles. The highest BCUT2D eigenvalue weighted by molar-refractivity contribution is 7.46. The first-order valence-electron chi connectivity index (χ1n) is 6.48. The molecule has 1 aliphatic heterocycles. The van der Waals surface area contributed by atoms with Crippen molar-refractivity contribution in [3.8, 4) is 0 Å². The molecule has 12 nitrogen and oxygen atoms in total. The molecule has 0 spiro atoms. The molecule has 2 aromatic rings. The van der Waals surface area contributed by atoms with Gasteiger partial charge in [0.15, 0.2) is 11.5 Å². The summed E-state index contributed by atoms with van der Waals surface area (Å²) in [7, 11) is -4.68. The van der Waals surface area contributed by atoms with Crippen molar-refractivity contribution in [1.82, 2.24) is 19.5 Å². The number of nitrogen functional groups attached to an aromatic ring is 1. The Labute approximate surface area is 129 Å². The topological polar surface area (TPSA) is 192 Å². The number of hydrogen-bond donors (Lipinski definition) is 5. The zero-order valence-corrected chi connectivity index (χ0v) is 12.6. The van der Waals surface area contributed by atoms with Gasteiger partial charge in [-0.3, -0.25) is 14.8 Å². The molecule has 7 N–H and O–H groups in total. The van der Waals surface area contributed by atoms with Crippen LogP contribution in [0.4, 0.5) is 5.82 Å². The summed E-state index contributed by atoms with van der Waals surface area (Å²) in [6, 6.07) is 0. The highest BCUT2D eigenvalue weighted by atomic mass is 31.2. The van der Waals surface area contributed by atoms with Gasteiger partial charge in [0.05, 0.1) is 12.7 Å². The first-order chi connectivity index (χ1) is 10.7. The lowest BCUT2D eigenvalue weighted by molar-refractivity contribution is -0.110. The zero-order chi connectivity index (χ0) is 16.8. The van der Waals surface area contributed by atoms with Crippen LogP contribution >= 0.6 is 7.82 Å². The minimum Gasteiger partial charge on any atom is -0.390 e. The summed E-state index contributed by atoms with van der Waals surface area (Å²) < 4.78 is 22.0. The van der Waals surface area contributed by atoms with Crippen molar-refractivity contribution in [2.75, 3.05) is 12.3 Å². The van der Waals surface area contributed by atoms with Gasteiger partial charge >= 0.3 is 7.82 Å². The third-order valence-corrected chi connectivity index (χ3v) is 3.95. The number of aromatic nitrogens is 4. The Kier molecular flexibility index (Phi) is 3.84. The highest BCUT2D eigenvalue weighted by Gasteiger charge is 2.46. The molecule has 0 amide bonds. The fourth-order valence-corrected chi connectivity index (χ4v) is 2.76. The van der Waals surface area contributed by atoms with Crippen LogP contribution < -0.4 is 11.5 Å². The van der Waals surface area contributed by atoms with E-state index in [1.807, 2.05) is 0 Å². The van der Waals surface area contributed by atoms with Gasteiger partial charge in [-0.2, -0.15) is 0 Å². The van der Waals surface area contributed by atoms with Crippen LogP contribution in [0.1, 0.15) is 6.42 Å². The molecule has 126 valence electrons. The van der Waals surface area contributed by atoms with Crippen molar-refractivity contribution in [2.24, 2.45) is 5.73 Å². The zero-order valence-electron chi connectivity index (χ0n) is 11.7. The maximum Gasteiger partial charge on any atom is 0.469 e. The van der Waals surface area contributed by atoms with E-state index >= 15 is 0 Å². The normalized spacial score (nSPS) is 28.5. The number of ether oxygens (including phenoxy) is 1. The van der Waals surface area contributed by atoms with Gasteiger partial charge < -0.3 is 25.4 Å². The number of rotatable bonds is 4. The fraction of sp³-hybridized carbons (Fsp3) is 0.500. The minimum absolute atomic E-state index is 0.0580. The predicted octanol–water partition coefficient (Wildman–Crippen LogP) is -1.76. The number of nitrogens with zero attached hydrogens (tertiary/aromatic N) is 4. The van der Waals surface area contributed by atoms with Crippen LogP contribution in [0.2, 0.25) is 0 Å². The van der Waals surface area contributed by atoms with E-state index in [4.69, 9.17) is 26.0 Å². The van der Waals surface area contributed by atoms with Crippen LogP contribution in [-0.2, 0) is 19.7 Å². The number of nitrogens with two attached hydrogens (primary N) is 2. The number of anilines is 1. The molecule has 13 heteroatoms. The Hall–Kier alpha value is -1.66. The summed E-state index contributed by atoms with van der Waals surface area (Å²) in [4.78, 5) is 29.4. The van der Waals surface area contributed by atoms with Crippen LogP contribution in [-0.4, -0.2) is 53.2 Å². The summed E-state index contributed by atoms with van der Waals surface area (Å²) >= 11 is 0. The molecule has 3 atom stereocenters. The monoisotopic (exact) mass is 346 g/mol. The maximum atomic E-state index is 10.8. The summed E-state index contributed by atoms with van der Waals surface area (Å²) in [6.07, 6.45) is 0.401. The number of aliphatic hydroxyl groups excluding tert-OH is 1. The second-order valence-corrected chi connectivity index (χ2v) is 6.34. The van der Waals surface area contributed by atoms with Crippen LogP contribution in [0.15, 0.2) is 12.7 Å². The molecule has 1 aliphatic rings. The SMILES string of the molecule is Nc1ncnc2c1ncn2[C@@]1(N)C[C@H](O)[C@@H](COP(=O)(O)O)O1. The van der Waals surface area contributed by atoms with Crippen LogP contribution in [0, 0.1) is 0 Å². The van der Waals surface area contributed by atoms with Crippen molar-refractivity contribution in [2.45, 2.75) is 24.5 Å². The van der Waals surface area contributed by atoms with Gasteiger partial charge in [-0.05, 0) is 0 Å². The molecule has 1 fully saturated rings. The van der Waals surface area contributed by atoms with E-state index in [9.17, 15) is 9.67 Å². The summed E-state index contributed by atoms with van der Waals surface area (Å²) in [5, 5.41) is 10.0. The molecule has 0 radical (unpaired) electrons. The largest absolute Gasteiger partial charge is 0.469 e. The van der Waals surface area contributed by atoms with Crippen molar-refractivity contribution >= 4 is 24.8 Å². The van der Waals surface area contributed by atoms with Crippen LogP contribution in [0.25, 0.3) is 11.2 Å². The number of aliphatic hydroxyl groups is 1. The second-order valence-electron chi connectivity index (χ2n) is 5.10. The molecule has 23 heavy (non-hydrogen) atoms. The van der Waals surface area contributed by atoms with Crippen LogP contribution in [0.3, 0.4) is 0 Å². The van der Waals surface area contributed by atoms with E-state index in [2.05, 4.69) is 19.5 Å². The Bertz CT molecular complexity index is 778. The van der Waals surface area contributed by atoms with E-state index in [1.165, 1.54) is 17.2 Å². The number of hydrogen-bond acceptors (Lipinski definition) is 9. The third kappa shape index (κ3) is 3.05. The number of fused-ring (bicyclic) bond motifs is 1. The van der Waals surface area contributed by atoms with Gasteiger partial charge in [0, 0.05) is 6.42 Å². The summed E-state index contributed by atoms with van der Waals surface area (Å²) in [6.45, 7) is -0.520. The Morgan fingerprint density at radius 2 is 2.22 bits per heavy atom. The van der Waals surface area contributed by atoms with Gasteiger partial charge in [0.2, 0.25) is 5.85 Å². The lowest BCUT2D eigenvalue weighted by atomic mass is 10.1. The number of phosphoric ester groups is 1. The second kappa shape index (κ2) is 5.46. The van der Waals surface area contributed by atoms with E-state index in [-0.39, 0.29) is 12.2 Å². The highest BCUT2D eigenvalue weighted by Crippen LogP contribution is 2.39. The summed E-state index contributed by atoms with van der Waals surface area (Å²) in [5.74, 6) is -1.35. The van der Waals surface area contributed by atoms with E-state index in [0.717, 1.165) is 0 Å². The van der Waals surface area contributed by atoms with Crippen molar-refractivity contribution in [3.63, 3.8) is 0 Å². The van der Waals surface area contributed by atoms with Gasteiger partial charge in [-0.1, -0.05) is 0 Å². The predicted molar refractivity (Wildman–Crippen MR) is 75.4 cm³/mol. The maximum absolute atomic E-state index is 10.8. The van der Waals surface area contributed by atoms with E-state index in [1.54, 1.807) is 0 Å². The Morgan fingerprint density at radius 3 is 2.91 bits per heavy atom. The van der Waals surface area contributed by atoms with Crippen molar-refractivity contribution in [1.29, 1.82) is 0 Å². The molecule has 1 saturated heterocycles. The lowest BCUT2D eigenvalue weighted by Gasteiger charge is -2.26. The van der Waals surface area contributed by atoms with Crippen molar-refractivity contribution in [3.05, 3.63) is 12.7 Å². The van der Waals surface area contributed by atoms with Crippen molar-refractivity contribution < 1.29 is 28.7 Å². The fourth-order valence-electron chi connectivity index (χ4n) is 2.42. The first kappa shape index (κ1) is 16.2. The third-order valence-electron chi connectivity index (χ3n) is 3.46. The number of imidazole rings is 1. The molecule has 3 heterocycles. The quantitative estimate of drug-likeness (QED) is 0.394. The lowest BCUT2D eigenvalue weighted by Crippen LogP contribution is -2.43. The van der Waals surface area contributed by atoms with E-state index in [0.29, 0.717) is 11.2 Å². The smallest absolute Gasteiger partial charge is 0.390 e. The molecule has 0 unspecified atom stereocenters. The molecule has 3 rings (SSSR count). The average molecular weight is 346 g/mol. The standard InChI is InChI=1S/C10H15N6O6P/c11-8-7-9(14-3-13-8)16(4-15-7)10(12)1-5(17)6(22-10)2-21-23(18,19)20/h3-6,17H,1-2,12H2,(H2,11,13,14)(H2,18,19,20)/t5-,6+,10-/m0/s1. The summed E-state index contributed by atoms with van der Waals surface area (Å²) in [5.41, 5.74) is 12.5. The van der Waals surface area contributed by atoms with Gasteiger partial charge in [0.25, 0.3) is 0 Å². The Balaban J connectivity index is 1.87. The first-order valence-corrected chi connectivity index (χ1v) is 8.01. The average Bonchev–Trinajstić information content (AvgIpc) is 2.99. The van der Waals surface area contributed by atoms with E-state index < -0.39 is 32.5 Å². The molecule has 0 bridgehead atoms. The molecular formula is C10H15N6O6P. The van der Waals surface area contributed by atoms with Gasteiger partial charge in [-0.15, -0.1) is 0 Å². The molecular weight excluding hydrogens is 331 g/mol. The number of phosphoric acid groups is 1. The van der Waals surface area contributed by atoms with Crippen LogP contribution in [0.5, 0.6) is 0 Å². The van der Waals surface area contributed by atoms with Gasteiger partial charge in [-0.25, -0.2) is 19.5 Å². The minimum atomic E-state index is -4.68. The van der Waals surface area contributed by atoms with Gasteiger partial charge in [0.1, 0.15) is 24.3 Å².